The fraction of sp³-hybridized carbons (Fsp3) is 0.214. The van der Waals surface area contributed by atoms with Gasteiger partial charge in [0.05, 0.1) is 34.3 Å². The second-order valence-electron chi connectivity index (χ2n) is 9.54. The number of benzene rings is 2. The number of rotatable bonds is 6. The van der Waals surface area contributed by atoms with E-state index in [4.69, 9.17) is 4.74 Å². The quantitative estimate of drug-likeness (QED) is 0.293. The van der Waals surface area contributed by atoms with Crippen molar-refractivity contribution in [3.63, 3.8) is 0 Å². The zero-order valence-corrected chi connectivity index (χ0v) is 21.3. The Kier molecular flexibility index (Phi) is 5.83. The number of pyridine rings is 1. The van der Waals surface area contributed by atoms with Crippen LogP contribution in [0.15, 0.2) is 77.8 Å². The van der Waals surface area contributed by atoms with E-state index in [2.05, 4.69) is 15.0 Å². The van der Waals surface area contributed by atoms with Crippen LogP contribution in [0.4, 0.5) is 0 Å². The summed E-state index contributed by atoms with van der Waals surface area (Å²) in [5, 5.41) is 0. The molecule has 1 fully saturated rings. The van der Waals surface area contributed by atoms with E-state index in [1.54, 1.807) is 24.4 Å². The number of carbonyl (C=O) groups is 2. The van der Waals surface area contributed by atoms with E-state index < -0.39 is 9.84 Å². The smallest absolute Gasteiger partial charge is 0.233 e. The SMILES string of the molecule is CS(=O)(=O)c1ccc(Oc2cc3nc(-c4ccccn4)[nH]c3cc2CN2C(=O)[C@H]3CC=CC[C@H]3C2=O)cc1. The molecule has 2 aliphatic rings. The first-order valence-corrected chi connectivity index (χ1v) is 14.1. The largest absolute Gasteiger partial charge is 0.457 e. The standard InChI is InChI=1S/C28H24N4O5S/c1-38(35,36)19-11-9-18(10-12-19)37-25-15-24-23(30-26(31-24)22-8-4-5-13-29-22)14-17(25)16-32-27(33)20-6-2-3-7-21(20)28(32)34/h2-5,8-15,20-21H,6-7,16H2,1H3,(H,30,31)/t20-,21+. The van der Waals surface area contributed by atoms with E-state index in [0.29, 0.717) is 52.5 Å². The maximum atomic E-state index is 13.2. The number of aromatic amines is 1. The molecule has 0 saturated carbocycles. The summed E-state index contributed by atoms with van der Waals surface area (Å²) in [5.74, 6) is 0.400. The van der Waals surface area contributed by atoms with Crippen LogP contribution >= 0.6 is 0 Å². The second kappa shape index (κ2) is 9.21. The molecule has 0 radical (unpaired) electrons. The molecule has 2 aromatic heterocycles. The third-order valence-corrected chi connectivity index (χ3v) is 8.11. The molecule has 38 heavy (non-hydrogen) atoms. The molecule has 1 aliphatic heterocycles. The Bertz CT molecular complexity index is 1670. The van der Waals surface area contributed by atoms with Gasteiger partial charge in [-0.3, -0.25) is 19.5 Å². The third-order valence-electron chi connectivity index (χ3n) is 6.98. The van der Waals surface area contributed by atoms with E-state index in [-0.39, 0.29) is 35.1 Å². The summed E-state index contributed by atoms with van der Waals surface area (Å²) in [4.78, 5) is 40.1. The van der Waals surface area contributed by atoms with Gasteiger partial charge in [0.25, 0.3) is 0 Å². The van der Waals surface area contributed by atoms with Crippen LogP contribution in [0.3, 0.4) is 0 Å². The van der Waals surface area contributed by atoms with Crippen molar-refractivity contribution < 1.29 is 22.7 Å². The maximum absolute atomic E-state index is 13.2. The van der Waals surface area contributed by atoms with Gasteiger partial charge in [0.15, 0.2) is 15.7 Å². The highest BCUT2D eigenvalue weighted by molar-refractivity contribution is 7.90. The number of imidazole rings is 1. The van der Waals surface area contributed by atoms with Gasteiger partial charge in [-0.2, -0.15) is 0 Å². The van der Waals surface area contributed by atoms with Gasteiger partial charge in [-0.05, 0) is 55.3 Å². The molecule has 1 N–H and O–H groups in total. The lowest BCUT2D eigenvalue weighted by Crippen LogP contribution is -2.30. The molecule has 4 aromatic rings. The van der Waals surface area contributed by atoms with Gasteiger partial charge in [0.1, 0.15) is 17.2 Å². The lowest BCUT2D eigenvalue weighted by molar-refractivity contribution is -0.140. The van der Waals surface area contributed by atoms with Gasteiger partial charge in [-0.25, -0.2) is 13.4 Å². The first-order valence-electron chi connectivity index (χ1n) is 12.2. The molecular weight excluding hydrogens is 504 g/mol. The van der Waals surface area contributed by atoms with E-state index in [1.807, 2.05) is 36.4 Å². The van der Waals surface area contributed by atoms with Crippen molar-refractivity contribution in [3.05, 3.63) is 78.5 Å². The lowest BCUT2D eigenvalue weighted by atomic mass is 9.85. The van der Waals surface area contributed by atoms with Gasteiger partial charge < -0.3 is 9.72 Å². The number of H-pyrrole nitrogens is 1. The molecule has 192 valence electrons. The molecule has 2 aromatic carbocycles. The number of nitrogens with zero attached hydrogens (tertiary/aromatic N) is 3. The predicted molar refractivity (Wildman–Crippen MR) is 140 cm³/mol. The zero-order chi connectivity index (χ0) is 26.4. The number of amides is 2. The summed E-state index contributed by atoms with van der Waals surface area (Å²) in [6.45, 7) is 0.0509. The van der Waals surface area contributed by atoms with Crippen LogP contribution in [0.5, 0.6) is 11.5 Å². The second-order valence-corrected chi connectivity index (χ2v) is 11.6. The summed E-state index contributed by atoms with van der Waals surface area (Å²) >= 11 is 0. The van der Waals surface area contributed by atoms with Crippen molar-refractivity contribution in [1.82, 2.24) is 19.9 Å². The molecule has 0 spiro atoms. The zero-order valence-electron chi connectivity index (χ0n) is 20.5. The van der Waals surface area contributed by atoms with Crippen LogP contribution in [0, 0.1) is 11.8 Å². The topological polar surface area (TPSA) is 122 Å². The number of carbonyl (C=O) groups excluding carboxylic acids is 2. The van der Waals surface area contributed by atoms with Crippen molar-refractivity contribution in [2.45, 2.75) is 24.3 Å². The number of allylic oxidation sites excluding steroid dienone is 2. The molecule has 3 heterocycles. The summed E-state index contributed by atoms with van der Waals surface area (Å²) in [6.07, 6.45) is 7.87. The number of likely N-dealkylation sites (tertiary alicyclic amines) is 1. The van der Waals surface area contributed by atoms with Gasteiger partial charge in [0, 0.05) is 24.1 Å². The Morgan fingerprint density at radius 3 is 2.34 bits per heavy atom. The number of sulfone groups is 1. The minimum atomic E-state index is -3.35. The molecule has 6 rings (SSSR count). The highest BCUT2D eigenvalue weighted by Crippen LogP contribution is 2.38. The van der Waals surface area contributed by atoms with Crippen molar-refractivity contribution in [2.75, 3.05) is 6.26 Å². The normalized spacial score (nSPS) is 19.2. The molecule has 2 amide bonds. The molecule has 9 nitrogen and oxygen atoms in total. The van der Waals surface area contributed by atoms with Gasteiger partial charge in [-0.1, -0.05) is 18.2 Å². The molecule has 0 unspecified atom stereocenters. The van der Waals surface area contributed by atoms with Crippen molar-refractivity contribution in [2.24, 2.45) is 11.8 Å². The summed E-state index contributed by atoms with van der Waals surface area (Å²) in [6, 6.07) is 15.2. The number of imide groups is 1. The number of aromatic nitrogens is 3. The van der Waals surface area contributed by atoms with Crippen LogP contribution in [-0.2, 0) is 26.0 Å². The van der Waals surface area contributed by atoms with Gasteiger partial charge in [-0.15, -0.1) is 0 Å². The van der Waals surface area contributed by atoms with Crippen LogP contribution in [0.1, 0.15) is 18.4 Å². The maximum Gasteiger partial charge on any atom is 0.233 e. The highest BCUT2D eigenvalue weighted by atomic mass is 32.2. The van der Waals surface area contributed by atoms with Crippen molar-refractivity contribution >= 4 is 32.7 Å². The van der Waals surface area contributed by atoms with E-state index in [0.717, 1.165) is 6.26 Å². The van der Waals surface area contributed by atoms with Crippen molar-refractivity contribution in [1.29, 1.82) is 0 Å². The average Bonchev–Trinajstić information content (AvgIpc) is 3.43. The first kappa shape index (κ1) is 24.1. The summed E-state index contributed by atoms with van der Waals surface area (Å²) in [5.41, 5.74) is 2.62. The summed E-state index contributed by atoms with van der Waals surface area (Å²) in [7, 11) is -3.35. The van der Waals surface area contributed by atoms with E-state index in [1.165, 1.54) is 17.0 Å². The summed E-state index contributed by atoms with van der Waals surface area (Å²) < 4.78 is 29.9. The number of nitrogens with one attached hydrogen (secondary N) is 1. The minimum Gasteiger partial charge on any atom is -0.457 e. The number of ether oxygens (including phenoxy) is 1. The molecule has 0 bridgehead atoms. The minimum absolute atomic E-state index is 0.0509. The fourth-order valence-electron chi connectivity index (χ4n) is 5.00. The van der Waals surface area contributed by atoms with Crippen LogP contribution in [-0.4, -0.2) is 46.3 Å². The predicted octanol–water partition coefficient (Wildman–Crippen LogP) is 4.27. The van der Waals surface area contributed by atoms with Crippen LogP contribution in [0.2, 0.25) is 0 Å². The molecular formula is C28H24N4O5S. The van der Waals surface area contributed by atoms with E-state index in [9.17, 15) is 18.0 Å². The average molecular weight is 529 g/mol. The number of fused-ring (bicyclic) bond motifs is 2. The van der Waals surface area contributed by atoms with Gasteiger partial charge in [0.2, 0.25) is 11.8 Å². The molecule has 2 atom stereocenters. The van der Waals surface area contributed by atoms with Crippen LogP contribution < -0.4 is 4.74 Å². The number of hydrogen-bond donors (Lipinski definition) is 1. The van der Waals surface area contributed by atoms with Gasteiger partial charge >= 0.3 is 0 Å². The highest BCUT2D eigenvalue weighted by Gasteiger charge is 2.47. The Morgan fingerprint density at radius 2 is 1.71 bits per heavy atom. The Hall–Kier alpha value is -4.31. The number of hydrogen-bond acceptors (Lipinski definition) is 7. The van der Waals surface area contributed by atoms with Crippen LogP contribution in [0.25, 0.3) is 22.6 Å². The molecule has 10 heteroatoms. The van der Waals surface area contributed by atoms with Crippen molar-refractivity contribution in [3.8, 4) is 23.0 Å². The lowest BCUT2D eigenvalue weighted by Gasteiger charge is -2.18. The monoisotopic (exact) mass is 528 g/mol. The Balaban J connectivity index is 1.39. The Labute approximate surface area is 219 Å². The van der Waals surface area contributed by atoms with E-state index >= 15 is 0 Å². The molecule has 1 saturated heterocycles. The Morgan fingerprint density at radius 1 is 1.00 bits per heavy atom. The first-order chi connectivity index (χ1) is 18.3. The fourth-order valence-corrected chi connectivity index (χ4v) is 5.63. The molecule has 1 aliphatic carbocycles. The third kappa shape index (κ3) is 4.37.